The minimum atomic E-state index is -1.11. The van der Waals surface area contributed by atoms with E-state index >= 15 is 0 Å². The van der Waals surface area contributed by atoms with E-state index in [4.69, 9.17) is 4.74 Å². The van der Waals surface area contributed by atoms with E-state index in [0.717, 1.165) is 22.3 Å². The van der Waals surface area contributed by atoms with Crippen LogP contribution in [0.25, 0.3) is 0 Å². The van der Waals surface area contributed by atoms with E-state index in [1.54, 1.807) is 7.11 Å². The molecule has 106 valence electrons. The number of ether oxygens (including phenoxy) is 1. The van der Waals surface area contributed by atoms with Crippen LogP contribution in [0.1, 0.15) is 27.8 Å². The van der Waals surface area contributed by atoms with Gasteiger partial charge in [0.1, 0.15) is 5.60 Å². The van der Waals surface area contributed by atoms with Crippen LogP contribution in [0.5, 0.6) is 0 Å². The summed E-state index contributed by atoms with van der Waals surface area (Å²) in [6.07, 6.45) is 0. The lowest BCUT2D eigenvalue weighted by atomic mass is 9.81. The molecule has 0 saturated heterocycles. The fourth-order valence-corrected chi connectivity index (χ4v) is 3.05. The van der Waals surface area contributed by atoms with Gasteiger partial charge >= 0.3 is 0 Å². The van der Waals surface area contributed by atoms with Gasteiger partial charge in [-0.05, 0) is 43.0 Å². The van der Waals surface area contributed by atoms with Gasteiger partial charge < -0.3 is 9.84 Å². The average molecular weight is 270 g/mol. The minimum Gasteiger partial charge on any atom is -0.381 e. The Morgan fingerprint density at radius 2 is 1.55 bits per heavy atom. The van der Waals surface area contributed by atoms with E-state index in [-0.39, 0.29) is 6.61 Å². The van der Waals surface area contributed by atoms with Crippen molar-refractivity contribution < 1.29 is 9.84 Å². The third-order valence-corrected chi connectivity index (χ3v) is 3.70. The molecule has 2 heteroatoms. The largest absolute Gasteiger partial charge is 0.381 e. The molecule has 2 rings (SSSR count). The van der Waals surface area contributed by atoms with Crippen LogP contribution >= 0.6 is 0 Å². The molecule has 0 radical (unpaired) electrons. The highest BCUT2D eigenvalue weighted by Gasteiger charge is 2.34. The lowest BCUT2D eigenvalue weighted by Gasteiger charge is -2.32. The molecule has 1 unspecified atom stereocenters. The molecule has 0 bridgehead atoms. The van der Waals surface area contributed by atoms with Crippen LogP contribution in [0.2, 0.25) is 0 Å². The molecule has 1 atom stereocenters. The van der Waals surface area contributed by atoms with Gasteiger partial charge in [-0.15, -0.1) is 0 Å². The molecular weight excluding hydrogens is 248 g/mol. The number of rotatable bonds is 4. The summed E-state index contributed by atoms with van der Waals surface area (Å²) in [6, 6.07) is 13.9. The quantitative estimate of drug-likeness (QED) is 0.921. The van der Waals surface area contributed by atoms with E-state index in [1.165, 1.54) is 5.56 Å². The van der Waals surface area contributed by atoms with E-state index in [1.807, 2.05) is 44.2 Å². The van der Waals surface area contributed by atoms with E-state index in [9.17, 15) is 5.11 Å². The molecule has 2 aromatic carbocycles. The summed E-state index contributed by atoms with van der Waals surface area (Å²) in [4.78, 5) is 0. The Morgan fingerprint density at radius 1 is 1.00 bits per heavy atom. The molecule has 2 nitrogen and oxygen atoms in total. The third-order valence-electron chi connectivity index (χ3n) is 3.70. The zero-order valence-electron chi connectivity index (χ0n) is 12.6. The predicted molar refractivity (Wildman–Crippen MR) is 82.0 cm³/mol. The van der Waals surface area contributed by atoms with E-state index in [2.05, 4.69) is 19.1 Å². The molecular formula is C18H22O2. The normalized spacial score (nSPS) is 14.1. The van der Waals surface area contributed by atoms with Gasteiger partial charge in [0, 0.05) is 7.11 Å². The number of hydrogen-bond donors (Lipinski definition) is 1. The summed E-state index contributed by atoms with van der Waals surface area (Å²) in [5.74, 6) is 0. The van der Waals surface area contributed by atoms with Crippen LogP contribution in [0.3, 0.4) is 0 Å². The monoisotopic (exact) mass is 270 g/mol. The van der Waals surface area contributed by atoms with Crippen LogP contribution in [-0.2, 0) is 10.3 Å². The van der Waals surface area contributed by atoms with Crippen molar-refractivity contribution in [2.75, 3.05) is 13.7 Å². The molecule has 0 heterocycles. The van der Waals surface area contributed by atoms with Crippen molar-refractivity contribution in [1.82, 2.24) is 0 Å². The highest BCUT2D eigenvalue weighted by atomic mass is 16.5. The first-order valence-corrected chi connectivity index (χ1v) is 6.84. The van der Waals surface area contributed by atoms with Crippen LogP contribution < -0.4 is 0 Å². The summed E-state index contributed by atoms with van der Waals surface area (Å²) < 4.78 is 5.31. The second kappa shape index (κ2) is 5.78. The van der Waals surface area contributed by atoms with Crippen LogP contribution in [0.4, 0.5) is 0 Å². The average Bonchev–Trinajstić information content (AvgIpc) is 2.38. The van der Waals surface area contributed by atoms with Crippen molar-refractivity contribution >= 4 is 0 Å². The van der Waals surface area contributed by atoms with Crippen molar-refractivity contribution in [1.29, 1.82) is 0 Å². The van der Waals surface area contributed by atoms with Crippen LogP contribution in [-0.4, -0.2) is 18.8 Å². The Balaban J connectivity index is 2.66. The Labute approximate surface area is 121 Å². The van der Waals surface area contributed by atoms with Crippen molar-refractivity contribution in [3.05, 3.63) is 70.3 Å². The van der Waals surface area contributed by atoms with E-state index < -0.39 is 5.60 Å². The zero-order chi connectivity index (χ0) is 14.8. The minimum absolute atomic E-state index is 0.238. The van der Waals surface area contributed by atoms with Gasteiger partial charge in [0.25, 0.3) is 0 Å². The number of hydrogen-bond acceptors (Lipinski definition) is 2. The predicted octanol–water partition coefficient (Wildman–Crippen LogP) is 3.49. The first-order valence-electron chi connectivity index (χ1n) is 6.84. The number of methoxy groups -OCH3 is 1. The van der Waals surface area contributed by atoms with Crippen molar-refractivity contribution in [2.45, 2.75) is 26.4 Å². The van der Waals surface area contributed by atoms with Crippen molar-refractivity contribution in [3.63, 3.8) is 0 Å². The second-order valence-electron chi connectivity index (χ2n) is 5.43. The third kappa shape index (κ3) is 2.62. The molecule has 0 saturated carbocycles. The zero-order valence-corrected chi connectivity index (χ0v) is 12.6. The SMILES string of the molecule is COCC(O)(c1ccccc1)c1c(C)cc(C)cc1C. The van der Waals surface area contributed by atoms with Crippen molar-refractivity contribution in [3.8, 4) is 0 Å². The molecule has 20 heavy (non-hydrogen) atoms. The topological polar surface area (TPSA) is 29.5 Å². The van der Waals surface area contributed by atoms with Gasteiger partial charge in [0.15, 0.2) is 0 Å². The molecule has 0 spiro atoms. The van der Waals surface area contributed by atoms with E-state index in [0.29, 0.717) is 0 Å². The first kappa shape index (κ1) is 14.8. The molecule has 0 aliphatic carbocycles. The molecule has 2 aromatic rings. The smallest absolute Gasteiger partial charge is 0.138 e. The summed E-state index contributed by atoms with van der Waals surface area (Å²) in [6.45, 7) is 6.39. The lowest BCUT2D eigenvalue weighted by Crippen LogP contribution is -2.34. The van der Waals surface area contributed by atoms with Crippen LogP contribution in [0.15, 0.2) is 42.5 Å². The summed E-state index contributed by atoms with van der Waals surface area (Å²) >= 11 is 0. The maximum Gasteiger partial charge on any atom is 0.138 e. The molecule has 0 aliphatic rings. The molecule has 0 amide bonds. The molecule has 1 N–H and O–H groups in total. The molecule has 0 aromatic heterocycles. The van der Waals surface area contributed by atoms with Crippen molar-refractivity contribution in [2.24, 2.45) is 0 Å². The number of aryl methyl sites for hydroxylation is 3. The standard InChI is InChI=1S/C18H22O2/c1-13-10-14(2)17(15(3)11-13)18(19,12-20-4)16-8-6-5-7-9-16/h5-11,19H,12H2,1-4H3. The highest BCUT2D eigenvalue weighted by molar-refractivity contribution is 5.47. The molecule has 0 aliphatic heterocycles. The van der Waals surface area contributed by atoms with Crippen LogP contribution in [0, 0.1) is 20.8 Å². The van der Waals surface area contributed by atoms with Gasteiger partial charge in [0.05, 0.1) is 6.61 Å². The lowest BCUT2D eigenvalue weighted by molar-refractivity contribution is -0.00414. The van der Waals surface area contributed by atoms with Gasteiger partial charge in [-0.1, -0.05) is 48.0 Å². The van der Waals surface area contributed by atoms with Gasteiger partial charge in [-0.3, -0.25) is 0 Å². The second-order valence-corrected chi connectivity index (χ2v) is 5.43. The number of benzene rings is 2. The Bertz CT molecular complexity index is 567. The highest BCUT2D eigenvalue weighted by Crippen LogP contribution is 2.34. The summed E-state index contributed by atoms with van der Waals surface area (Å²) in [5.41, 5.74) is 4.07. The Kier molecular flexibility index (Phi) is 4.26. The fraction of sp³-hybridized carbons (Fsp3) is 0.333. The maximum absolute atomic E-state index is 11.3. The number of aliphatic hydroxyl groups is 1. The first-order chi connectivity index (χ1) is 9.49. The maximum atomic E-state index is 11.3. The molecule has 0 fully saturated rings. The Hall–Kier alpha value is -1.64. The fourth-order valence-electron chi connectivity index (χ4n) is 3.05. The van der Waals surface area contributed by atoms with Gasteiger partial charge in [0.2, 0.25) is 0 Å². The summed E-state index contributed by atoms with van der Waals surface area (Å²) in [7, 11) is 1.62. The summed E-state index contributed by atoms with van der Waals surface area (Å²) in [5, 5.41) is 11.3. The Morgan fingerprint density at radius 3 is 2.05 bits per heavy atom. The van der Waals surface area contributed by atoms with Gasteiger partial charge in [-0.25, -0.2) is 0 Å². The van der Waals surface area contributed by atoms with Gasteiger partial charge in [-0.2, -0.15) is 0 Å².